The van der Waals surface area contributed by atoms with E-state index in [0.29, 0.717) is 19.1 Å². The van der Waals surface area contributed by atoms with E-state index in [2.05, 4.69) is 30.2 Å². The molecule has 0 rings (SSSR count). The van der Waals surface area contributed by atoms with Gasteiger partial charge in [0, 0.05) is 13.1 Å². The first-order valence-electron chi connectivity index (χ1n) is 6.57. The summed E-state index contributed by atoms with van der Waals surface area (Å²) in [4.78, 5) is 4.19. The lowest BCUT2D eigenvalue weighted by atomic mass is 10.1. The molecule has 4 nitrogen and oxygen atoms in total. The molecule has 0 N–H and O–H groups in total. The molecule has 0 aromatic heterocycles. The lowest BCUT2D eigenvalue weighted by Crippen LogP contribution is -2.29. The summed E-state index contributed by atoms with van der Waals surface area (Å²) in [6, 6.07) is 0. The molecule has 18 heavy (non-hydrogen) atoms. The Kier molecular flexibility index (Phi) is 9.06. The molecular weight excluding hydrogens is 228 g/mol. The molecule has 0 fully saturated rings. The van der Waals surface area contributed by atoms with Gasteiger partial charge in [0.15, 0.2) is 0 Å². The molecule has 0 bridgehead atoms. The van der Waals surface area contributed by atoms with Crippen molar-refractivity contribution in [2.24, 2.45) is 5.92 Å². The molecule has 0 radical (unpaired) electrons. The lowest BCUT2D eigenvalue weighted by molar-refractivity contribution is -0.00213. The quantitative estimate of drug-likeness (QED) is 0.557. The number of ether oxygens (including phenoxy) is 2. The Morgan fingerprint density at radius 2 is 1.50 bits per heavy atom. The first-order valence-corrected chi connectivity index (χ1v) is 6.57. The topological polar surface area (TPSA) is 24.9 Å². The predicted molar refractivity (Wildman–Crippen MR) is 76.8 cm³/mol. The second kappa shape index (κ2) is 9.36. The van der Waals surface area contributed by atoms with Crippen molar-refractivity contribution in [2.45, 2.75) is 20.0 Å². The highest BCUT2D eigenvalue weighted by atomic mass is 16.5. The zero-order chi connectivity index (χ0) is 14.1. The van der Waals surface area contributed by atoms with Crippen molar-refractivity contribution >= 4 is 0 Å². The van der Waals surface area contributed by atoms with Crippen LogP contribution in [0.4, 0.5) is 0 Å². The van der Waals surface area contributed by atoms with E-state index in [4.69, 9.17) is 9.47 Å². The fraction of sp³-hybridized carbons (Fsp3) is 0.857. The van der Waals surface area contributed by atoms with Crippen LogP contribution in [0.15, 0.2) is 12.3 Å². The third-order valence-electron chi connectivity index (χ3n) is 2.58. The molecule has 4 heteroatoms. The second-order valence-corrected chi connectivity index (χ2v) is 5.46. The van der Waals surface area contributed by atoms with Gasteiger partial charge < -0.3 is 19.3 Å². The maximum Gasteiger partial charge on any atom is 0.118 e. The first kappa shape index (κ1) is 17.4. The Morgan fingerprint density at radius 3 is 1.94 bits per heavy atom. The van der Waals surface area contributed by atoms with Crippen LogP contribution >= 0.6 is 0 Å². The molecule has 0 spiro atoms. The Labute approximate surface area is 113 Å². The maximum absolute atomic E-state index is 5.85. The summed E-state index contributed by atoms with van der Waals surface area (Å²) in [6.45, 7) is 11.4. The van der Waals surface area contributed by atoms with Gasteiger partial charge in [-0.25, -0.2) is 0 Å². The first-order chi connectivity index (χ1) is 8.34. The molecule has 108 valence electrons. The smallest absolute Gasteiger partial charge is 0.118 e. The van der Waals surface area contributed by atoms with Crippen LogP contribution in [0.2, 0.25) is 0 Å². The van der Waals surface area contributed by atoms with Gasteiger partial charge in [-0.3, -0.25) is 0 Å². The molecular formula is C14H30N2O2. The van der Waals surface area contributed by atoms with E-state index in [1.165, 1.54) is 0 Å². The molecule has 0 saturated carbocycles. The van der Waals surface area contributed by atoms with E-state index < -0.39 is 0 Å². The van der Waals surface area contributed by atoms with Gasteiger partial charge in [0.25, 0.3) is 0 Å². The third kappa shape index (κ3) is 8.50. The Balaban J connectivity index is 4.03. The highest BCUT2D eigenvalue weighted by Crippen LogP contribution is 2.16. The van der Waals surface area contributed by atoms with Crippen LogP contribution in [0, 0.1) is 5.92 Å². The SMILES string of the molecule is C=C(OCCN(C)C)C(OCCN(C)C)C(C)C. The highest BCUT2D eigenvalue weighted by molar-refractivity contribution is 4.94. The van der Waals surface area contributed by atoms with Crippen LogP contribution in [0.3, 0.4) is 0 Å². The van der Waals surface area contributed by atoms with Crippen LogP contribution in [-0.2, 0) is 9.47 Å². The summed E-state index contributed by atoms with van der Waals surface area (Å²) in [6.07, 6.45) is -0.0212. The minimum absolute atomic E-state index is 0.0212. The van der Waals surface area contributed by atoms with Crippen molar-refractivity contribution in [1.82, 2.24) is 9.80 Å². The Morgan fingerprint density at radius 1 is 1.00 bits per heavy atom. The lowest BCUT2D eigenvalue weighted by Gasteiger charge is -2.25. The van der Waals surface area contributed by atoms with Crippen molar-refractivity contribution in [3.63, 3.8) is 0 Å². The maximum atomic E-state index is 5.85. The van der Waals surface area contributed by atoms with Gasteiger partial charge in [0.05, 0.1) is 6.61 Å². The van der Waals surface area contributed by atoms with Crippen molar-refractivity contribution in [3.8, 4) is 0 Å². The Hall–Kier alpha value is -0.580. The number of hydrogen-bond donors (Lipinski definition) is 0. The molecule has 0 amide bonds. The summed E-state index contributed by atoms with van der Waals surface area (Å²) in [5, 5.41) is 0. The zero-order valence-electron chi connectivity index (χ0n) is 12.9. The molecule has 0 aliphatic heterocycles. The summed E-state index contributed by atoms with van der Waals surface area (Å²) in [5.41, 5.74) is 0. The molecule has 0 aromatic carbocycles. The minimum Gasteiger partial charge on any atom is -0.494 e. The van der Waals surface area contributed by atoms with Crippen molar-refractivity contribution < 1.29 is 9.47 Å². The molecule has 0 heterocycles. The summed E-state index contributed by atoms with van der Waals surface area (Å²) < 4.78 is 11.5. The number of hydrogen-bond acceptors (Lipinski definition) is 4. The summed E-state index contributed by atoms with van der Waals surface area (Å²) >= 11 is 0. The van der Waals surface area contributed by atoms with E-state index in [1.54, 1.807) is 0 Å². The van der Waals surface area contributed by atoms with Crippen LogP contribution < -0.4 is 0 Å². The van der Waals surface area contributed by atoms with Gasteiger partial charge in [-0.2, -0.15) is 0 Å². The molecule has 0 saturated heterocycles. The van der Waals surface area contributed by atoms with Gasteiger partial charge in [-0.15, -0.1) is 0 Å². The van der Waals surface area contributed by atoms with Crippen LogP contribution in [0.1, 0.15) is 13.8 Å². The largest absolute Gasteiger partial charge is 0.494 e. The summed E-state index contributed by atoms with van der Waals surface area (Å²) in [7, 11) is 8.13. The van der Waals surface area contributed by atoms with Gasteiger partial charge in [0.2, 0.25) is 0 Å². The fourth-order valence-corrected chi connectivity index (χ4v) is 1.46. The number of rotatable bonds is 10. The fourth-order valence-electron chi connectivity index (χ4n) is 1.46. The van der Waals surface area contributed by atoms with E-state index >= 15 is 0 Å². The molecule has 0 aliphatic rings. The van der Waals surface area contributed by atoms with E-state index in [1.807, 2.05) is 28.2 Å². The third-order valence-corrected chi connectivity index (χ3v) is 2.58. The van der Waals surface area contributed by atoms with E-state index in [0.717, 1.165) is 18.8 Å². The Bertz CT molecular complexity index is 228. The van der Waals surface area contributed by atoms with Crippen molar-refractivity contribution in [2.75, 3.05) is 54.5 Å². The average molecular weight is 258 g/mol. The predicted octanol–water partition coefficient (Wildman–Crippen LogP) is 1.68. The number of likely N-dealkylation sites (N-methyl/N-ethyl adjacent to an activating group) is 2. The molecule has 0 aliphatic carbocycles. The van der Waals surface area contributed by atoms with Gasteiger partial charge in [-0.05, 0) is 34.1 Å². The van der Waals surface area contributed by atoms with E-state index in [-0.39, 0.29) is 6.10 Å². The normalized spacial score (nSPS) is 13.4. The minimum atomic E-state index is -0.0212. The number of nitrogens with zero attached hydrogens (tertiary/aromatic N) is 2. The van der Waals surface area contributed by atoms with Crippen LogP contribution in [0.25, 0.3) is 0 Å². The van der Waals surface area contributed by atoms with Gasteiger partial charge in [-0.1, -0.05) is 20.4 Å². The van der Waals surface area contributed by atoms with Crippen LogP contribution in [0.5, 0.6) is 0 Å². The monoisotopic (exact) mass is 258 g/mol. The highest BCUT2D eigenvalue weighted by Gasteiger charge is 2.19. The second-order valence-electron chi connectivity index (χ2n) is 5.46. The summed E-state index contributed by atoms with van der Waals surface area (Å²) in [5.74, 6) is 1.12. The van der Waals surface area contributed by atoms with Crippen molar-refractivity contribution in [1.29, 1.82) is 0 Å². The van der Waals surface area contributed by atoms with Gasteiger partial charge in [0.1, 0.15) is 18.5 Å². The standard InChI is InChI=1S/C14H30N2O2/c1-12(2)14(18-11-9-16(6)7)13(3)17-10-8-15(4)5/h12,14H,3,8-11H2,1-2,4-7H3. The average Bonchev–Trinajstić information content (AvgIpc) is 2.22. The van der Waals surface area contributed by atoms with Crippen LogP contribution in [-0.4, -0.2) is 70.4 Å². The molecule has 1 unspecified atom stereocenters. The van der Waals surface area contributed by atoms with Gasteiger partial charge >= 0.3 is 0 Å². The molecule has 0 aromatic rings. The molecule has 1 atom stereocenters. The van der Waals surface area contributed by atoms with Crippen molar-refractivity contribution in [3.05, 3.63) is 12.3 Å². The van der Waals surface area contributed by atoms with E-state index in [9.17, 15) is 0 Å². The zero-order valence-corrected chi connectivity index (χ0v) is 12.9.